The summed E-state index contributed by atoms with van der Waals surface area (Å²) in [5, 5.41) is 14.2. The van der Waals surface area contributed by atoms with E-state index < -0.39 is 0 Å². The minimum Gasteiger partial charge on any atom is -0.256 e. The standard InChI is InChI=1S/C18H13N3S/c1-21-18(22)15(12-19)16(13-8-4-2-5-9-13)17(20-21)14-10-6-3-7-11-14/h2-11H,1H3. The molecule has 2 aromatic carbocycles. The SMILES string of the molecule is Cn1nc(-c2ccccc2)c(-c2ccccc2)c(C#N)c1=S. The second kappa shape index (κ2) is 5.92. The van der Waals surface area contributed by atoms with Crippen molar-refractivity contribution in [2.75, 3.05) is 0 Å². The molecule has 0 saturated heterocycles. The molecule has 0 amide bonds. The van der Waals surface area contributed by atoms with Crippen LogP contribution in [-0.2, 0) is 7.05 Å². The molecule has 0 atom stereocenters. The van der Waals surface area contributed by atoms with E-state index in [4.69, 9.17) is 12.2 Å². The fourth-order valence-corrected chi connectivity index (χ4v) is 2.61. The Labute approximate surface area is 134 Å². The summed E-state index contributed by atoms with van der Waals surface area (Å²) in [7, 11) is 1.77. The van der Waals surface area contributed by atoms with Crippen molar-refractivity contribution in [3.05, 3.63) is 70.9 Å². The van der Waals surface area contributed by atoms with Gasteiger partial charge in [0, 0.05) is 18.2 Å². The first-order chi connectivity index (χ1) is 10.7. The summed E-state index contributed by atoms with van der Waals surface area (Å²) in [5.41, 5.74) is 3.94. The average Bonchev–Trinajstić information content (AvgIpc) is 2.58. The average molecular weight is 303 g/mol. The molecular weight excluding hydrogens is 290 g/mol. The Balaban J connectivity index is 2.43. The molecule has 4 heteroatoms. The van der Waals surface area contributed by atoms with Crippen LogP contribution in [0.5, 0.6) is 0 Å². The molecule has 3 nitrogen and oxygen atoms in total. The van der Waals surface area contributed by atoms with Gasteiger partial charge in [0.2, 0.25) is 0 Å². The van der Waals surface area contributed by atoms with Crippen LogP contribution in [-0.4, -0.2) is 9.78 Å². The van der Waals surface area contributed by atoms with E-state index in [9.17, 15) is 5.26 Å². The van der Waals surface area contributed by atoms with Crippen molar-refractivity contribution in [2.45, 2.75) is 0 Å². The largest absolute Gasteiger partial charge is 0.256 e. The molecule has 0 saturated carbocycles. The van der Waals surface area contributed by atoms with Crippen molar-refractivity contribution >= 4 is 12.2 Å². The van der Waals surface area contributed by atoms with Gasteiger partial charge in [0.25, 0.3) is 0 Å². The highest BCUT2D eigenvalue weighted by molar-refractivity contribution is 7.71. The normalized spacial score (nSPS) is 10.2. The maximum atomic E-state index is 9.60. The van der Waals surface area contributed by atoms with Gasteiger partial charge in [-0.05, 0) is 5.56 Å². The molecule has 0 spiro atoms. The van der Waals surface area contributed by atoms with Gasteiger partial charge in [0.05, 0.1) is 5.56 Å². The van der Waals surface area contributed by atoms with Crippen molar-refractivity contribution in [3.63, 3.8) is 0 Å². The van der Waals surface area contributed by atoms with Crippen molar-refractivity contribution in [2.24, 2.45) is 7.05 Å². The van der Waals surface area contributed by atoms with Gasteiger partial charge in [0.15, 0.2) is 0 Å². The lowest BCUT2D eigenvalue weighted by Crippen LogP contribution is -2.06. The summed E-state index contributed by atoms with van der Waals surface area (Å²) in [6, 6.07) is 21.9. The first-order valence-electron chi connectivity index (χ1n) is 6.84. The van der Waals surface area contributed by atoms with Crippen molar-refractivity contribution in [1.29, 1.82) is 5.26 Å². The third kappa shape index (κ3) is 2.43. The van der Waals surface area contributed by atoms with Crippen LogP contribution < -0.4 is 0 Å². The van der Waals surface area contributed by atoms with Crippen LogP contribution in [0, 0.1) is 16.0 Å². The monoisotopic (exact) mass is 303 g/mol. The summed E-state index contributed by atoms with van der Waals surface area (Å²) >= 11 is 5.37. The van der Waals surface area contributed by atoms with Gasteiger partial charge >= 0.3 is 0 Å². The summed E-state index contributed by atoms with van der Waals surface area (Å²) in [5.74, 6) is 0. The van der Waals surface area contributed by atoms with Crippen LogP contribution in [0.15, 0.2) is 60.7 Å². The second-order valence-corrected chi connectivity index (χ2v) is 5.26. The zero-order chi connectivity index (χ0) is 15.5. The molecular formula is C18H13N3S. The van der Waals surface area contributed by atoms with Crippen molar-refractivity contribution < 1.29 is 0 Å². The molecule has 0 bridgehead atoms. The lowest BCUT2D eigenvalue weighted by molar-refractivity contribution is 0.730. The number of aryl methyl sites for hydroxylation is 1. The van der Waals surface area contributed by atoms with Crippen LogP contribution in [0.3, 0.4) is 0 Å². The Kier molecular flexibility index (Phi) is 3.82. The van der Waals surface area contributed by atoms with Gasteiger partial charge in [-0.25, -0.2) is 0 Å². The third-order valence-corrected chi connectivity index (χ3v) is 3.93. The minimum absolute atomic E-state index is 0.445. The first-order valence-corrected chi connectivity index (χ1v) is 7.25. The molecule has 106 valence electrons. The van der Waals surface area contributed by atoms with Crippen LogP contribution in [0.25, 0.3) is 22.4 Å². The first kappa shape index (κ1) is 14.2. The molecule has 0 aliphatic rings. The summed E-state index contributed by atoms with van der Waals surface area (Å²) in [4.78, 5) is 0. The smallest absolute Gasteiger partial charge is 0.140 e. The van der Waals surface area contributed by atoms with Gasteiger partial charge in [-0.3, -0.25) is 4.68 Å². The highest BCUT2D eigenvalue weighted by atomic mass is 32.1. The number of benzene rings is 2. The van der Waals surface area contributed by atoms with Gasteiger partial charge in [-0.1, -0.05) is 72.9 Å². The lowest BCUT2D eigenvalue weighted by atomic mass is 9.96. The zero-order valence-corrected chi connectivity index (χ0v) is 12.8. The Morgan fingerprint density at radius 1 is 0.955 bits per heavy atom. The number of hydrogen-bond acceptors (Lipinski definition) is 3. The Morgan fingerprint density at radius 3 is 2.05 bits per heavy atom. The van der Waals surface area contributed by atoms with E-state index in [1.54, 1.807) is 11.7 Å². The maximum Gasteiger partial charge on any atom is 0.140 e. The molecule has 0 aliphatic heterocycles. The van der Waals surface area contributed by atoms with Gasteiger partial charge in [-0.2, -0.15) is 10.4 Å². The van der Waals surface area contributed by atoms with Crippen LogP contribution >= 0.6 is 12.2 Å². The maximum absolute atomic E-state index is 9.60. The molecule has 3 rings (SSSR count). The summed E-state index contributed by atoms with van der Waals surface area (Å²) in [6.45, 7) is 0. The Morgan fingerprint density at radius 2 is 1.50 bits per heavy atom. The zero-order valence-electron chi connectivity index (χ0n) is 12.0. The minimum atomic E-state index is 0.445. The highest BCUT2D eigenvalue weighted by Crippen LogP contribution is 2.33. The number of hydrogen-bond donors (Lipinski definition) is 0. The topological polar surface area (TPSA) is 41.6 Å². The number of aromatic nitrogens is 2. The van der Waals surface area contributed by atoms with Crippen molar-refractivity contribution in [1.82, 2.24) is 9.78 Å². The molecule has 1 heterocycles. The third-order valence-electron chi connectivity index (χ3n) is 3.47. The predicted octanol–water partition coefficient (Wildman–Crippen LogP) is 4.36. The molecule has 0 N–H and O–H groups in total. The Bertz CT molecular complexity index is 907. The number of rotatable bonds is 2. The lowest BCUT2D eigenvalue weighted by Gasteiger charge is -2.13. The van der Waals surface area contributed by atoms with Crippen molar-refractivity contribution in [3.8, 4) is 28.5 Å². The second-order valence-electron chi connectivity index (χ2n) is 4.87. The summed E-state index contributed by atoms with van der Waals surface area (Å²) < 4.78 is 2.03. The molecule has 3 aromatic rings. The van der Waals surface area contributed by atoms with Crippen LogP contribution in [0.2, 0.25) is 0 Å². The Hall–Kier alpha value is -2.77. The van der Waals surface area contributed by atoms with Crippen LogP contribution in [0.4, 0.5) is 0 Å². The van der Waals surface area contributed by atoms with E-state index in [1.165, 1.54) is 0 Å². The van der Waals surface area contributed by atoms with E-state index in [-0.39, 0.29) is 0 Å². The fraction of sp³-hybridized carbons (Fsp3) is 0.0556. The highest BCUT2D eigenvalue weighted by Gasteiger charge is 2.17. The molecule has 0 unspecified atom stereocenters. The quantitative estimate of drug-likeness (QED) is 0.661. The molecule has 22 heavy (non-hydrogen) atoms. The molecule has 0 aliphatic carbocycles. The van der Waals surface area contributed by atoms with E-state index in [0.29, 0.717) is 10.2 Å². The van der Waals surface area contributed by atoms with Gasteiger partial charge in [-0.15, -0.1) is 0 Å². The van der Waals surface area contributed by atoms with E-state index in [0.717, 1.165) is 22.4 Å². The fourth-order valence-electron chi connectivity index (χ4n) is 2.42. The number of nitriles is 1. The van der Waals surface area contributed by atoms with Crippen LogP contribution in [0.1, 0.15) is 5.56 Å². The van der Waals surface area contributed by atoms with Gasteiger partial charge in [0.1, 0.15) is 16.4 Å². The molecule has 0 radical (unpaired) electrons. The van der Waals surface area contributed by atoms with E-state index in [1.807, 2.05) is 60.7 Å². The van der Waals surface area contributed by atoms with E-state index in [2.05, 4.69) is 11.2 Å². The van der Waals surface area contributed by atoms with Gasteiger partial charge < -0.3 is 0 Å². The summed E-state index contributed by atoms with van der Waals surface area (Å²) in [6.07, 6.45) is 0. The van der Waals surface area contributed by atoms with E-state index >= 15 is 0 Å². The molecule has 1 aromatic heterocycles. The molecule has 0 fully saturated rings. The predicted molar refractivity (Wildman–Crippen MR) is 89.6 cm³/mol. The number of nitrogens with zero attached hydrogens (tertiary/aromatic N) is 3.